The molecule has 1 N–H and O–H groups in total. The molecule has 2 aromatic heterocycles. The SMILES string of the molecule is CC[C@@]1(O)C(=O)OCc2c1cc1n(c2=O)Cc2c-1nc1cc(F)c(OC(=O)N3CCN(C(=O)OC(C)(C)C)CC3)cc1c2C. The summed E-state index contributed by atoms with van der Waals surface area (Å²) in [5, 5.41) is 11.6. The fourth-order valence-electron chi connectivity index (χ4n) is 5.91. The molecule has 0 bridgehead atoms. The van der Waals surface area contributed by atoms with E-state index in [2.05, 4.69) is 4.98 Å². The lowest BCUT2D eigenvalue weighted by atomic mass is 9.86. The van der Waals surface area contributed by atoms with Crippen molar-refractivity contribution in [3.63, 3.8) is 0 Å². The minimum absolute atomic E-state index is 0.0187. The Morgan fingerprint density at radius 3 is 2.36 bits per heavy atom. The van der Waals surface area contributed by atoms with Crippen LogP contribution in [-0.4, -0.2) is 74.4 Å². The highest BCUT2D eigenvalue weighted by Gasteiger charge is 2.45. The Morgan fingerprint density at radius 2 is 1.73 bits per heavy atom. The minimum atomic E-state index is -1.95. The van der Waals surface area contributed by atoms with Crippen molar-refractivity contribution in [2.75, 3.05) is 26.2 Å². The van der Waals surface area contributed by atoms with Crippen LogP contribution < -0.4 is 10.3 Å². The highest BCUT2D eigenvalue weighted by Crippen LogP contribution is 2.40. The number of benzene rings is 1. The molecule has 0 unspecified atom stereocenters. The molecule has 1 saturated heterocycles. The minimum Gasteiger partial charge on any atom is -0.458 e. The molecule has 12 nitrogen and oxygen atoms in total. The quantitative estimate of drug-likeness (QED) is 0.338. The number of carbonyl (C=O) groups is 3. The number of carbonyl (C=O) groups excluding carboxylic acids is 3. The Balaban J connectivity index is 1.27. The summed E-state index contributed by atoms with van der Waals surface area (Å²) in [5.74, 6) is -1.88. The van der Waals surface area contributed by atoms with Crippen molar-refractivity contribution in [2.24, 2.45) is 0 Å². The van der Waals surface area contributed by atoms with Crippen LogP contribution in [0.5, 0.6) is 5.75 Å². The van der Waals surface area contributed by atoms with E-state index >= 15 is 4.39 Å². The zero-order chi connectivity index (χ0) is 31.7. The molecule has 1 aromatic carbocycles. The van der Waals surface area contributed by atoms with Crippen molar-refractivity contribution in [1.82, 2.24) is 19.4 Å². The van der Waals surface area contributed by atoms with Crippen LogP contribution in [0.1, 0.15) is 56.4 Å². The van der Waals surface area contributed by atoms with Crippen molar-refractivity contribution in [2.45, 2.75) is 65.4 Å². The third kappa shape index (κ3) is 4.75. The van der Waals surface area contributed by atoms with Crippen LogP contribution in [0.15, 0.2) is 23.0 Å². The molecule has 5 heterocycles. The normalized spacial score (nSPS) is 19.3. The Labute approximate surface area is 251 Å². The molecule has 0 aliphatic carbocycles. The average molecular weight is 609 g/mol. The fourth-order valence-corrected chi connectivity index (χ4v) is 5.91. The first-order valence-corrected chi connectivity index (χ1v) is 14.5. The van der Waals surface area contributed by atoms with Crippen LogP contribution >= 0.6 is 0 Å². The number of esters is 1. The van der Waals surface area contributed by atoms with E-state index < -0.39 is 40.7 Å². The molecule has 0 spiro atoms. The van der Waals surface area contributed by atoms with E-state index in [0.717, 1.165) is 0 Å². The van der Waals surface area contributed by atoms with Gasteiger partial charge < -0.3 is 33.7 Å². The highest BCUT2D eigenvalue weighted by atomic mass is 19.1. The highest BCUT2D eigenvalue weighted by molar-refractivity contribution is 5.90. The van der Waals surface area contributed by atoms with Crippen molar-refractivity contribution in [3.05, 3.63) is 56.6 Å². The molecule has 13 heteroatoms. The number of amides is 2. The first-order valence-electron chi connectivity index (χ1n) is 14.5. The van der Waals surface area contributed by atoms with Crippen LogP contribution in [0.25, 0.3) is 22.3 Å². The largest absolute Gasteiger partial charge is 0.458 e. The Bertz CT molecular complexity index is 1810. The second-order valence-corrected chi connectivity index (χ2v) is 12.3. The monoisotopic (exact) mass is 608 g/mol. The molecule has 2 amide bonds. The van der Waals surface area contributed by atoms with Gasteiger partial charge in [0.05, 0.1) is 29.0 Å². The molecule has 232 valence electrons. The molecule has 6 rings (SSSR count). The zero-order valence-corrected chi connectivity index (χ0v) is 25.2. The molecular weight excluding hydrogens is 575 g/mol. The van der Waals surface area contributed by atoms with Crippen molar-refractivity contribution >= 4 is 29.1 Å². The lowest BCUT2D eigenvalue weighted by Crippen LogP contribution is -2.52. The number of hydrogen-bond donors (Lipinski definition) is 1. The van der Waals surface area contributed by atoms with Crippen LogP contribution in [0, 0.1) is 12.7 Å². The average Bonchev–Trinajstić information content (AvgIpc) is 3.34. The van der Waals surface area contributed by atoms with Crippen molar-refractivity contribution in [3.8, 4) is 17.1 Å². The van der Waals surface area contributed by atoms with Gasteiger partial charge in [0.1, 0.15) is 12.2 Å². The maximum absolute atomic E-state index is 15.3. The van der Waals surface area contributed by atoms with Crippen molar-refractivity contribution in [1.29, 1.82) is 0 Å². The summed E-state index contributed by atoms with van der Waals surface area (Å²) >= 11 is 0. The third-order valence-electron chi connectivity index (χ3n) is 8.41. The van der Waals surface area contributed by atoms with Crippen molar-refractivity contribution < 1.29 is 38.1 Å². The number of fused-ring (bicyclic) bond motifs is 5. The predicted octanol–water partition coefficient (Wildman–Crippen LogP) is 3.58. The van der Waals surface area contributed by atoms with Gasteiger partial charge >= 0.3 is 18.2 Å². The summed E-state index contributed by atoms with van der Waals surface area (Å²) < 4.78 is 32.8. The van der Waals surface area contributed by atoms with E-state index in [4.69, 9.17) is 14.2 Å². The number of aliphatic hydroxyl groups is 1. The van der Waals surface area contributed by atoms with Gasteiger partial charge in [0.15, 0.2) is 17.2 Å². The topological polar surface area (TPSA) is 140 Å². The van der Waals surface area contributed by atoms with E-state index in [9.17, 15) is 24.3 Å². The summed E-state index contributed by atoms with van der Waals surface area (Å²) in [6.07, 6.45) is -1.19. The van der Waals surface area contributed by atoms with Gasteiger partial charge in [-0.3, -0.25) is 4.79 Å². The molecule has 3 aliphatic heterocycles. The molecule has 1 atom stereocenters. The van der Waals surface area contributed by atoms with Crippen LogP contribution in [0.2, 0.25) is 0 Å². The van der Waals surface area contributed by atoms with E-state index in [-0.39, 0.29) is 68.1 Å². The van der Waals surface area contributed by atoms with Gasteiger partial charge in [0.2, 0.25) is 0 Å². The lowest BCUT2D eigenvalue weighted by Gasteiger charge is -2.35. The first kappa shape index (κ1) is 29.5. The van der Waals surface area contributed by atoms with Crippen LogP contribution in [0.4, 0.5) is 14.0 Å². The Hall–Kier alpha value is -4.52. The number of aryl methyl sites for hydroxylation is 1. The summed E-state index contributed by atoms with van der Waals surface area (Å²) in [4.78, 5) is 58.8. The van der Waals surface area contributed by atoms with Gasteiger partial charge in [-0.2, -0.15) is 0 Å². The summed E-state index contributed by atoms with van der Waals surface area (Å²) in [7, 11) is 0. The number of ether oxygens (including phenoxy) is 3. The lowest BCUT2D eigenvalue weighted by molar-refractivity contribution is -0.172. The third-order valence-corrected chi connectivity index (χ3v) is 8.41. The van der Waals surface area contributed by atoms with Gasteiger partial charge in [-0.25, -0.2) is 23.8 Å². The molecule has 44 heavy (non-hydrogen) atoms. The molecule has 1 fully saturated rings. The molecular formula is C31H33FN4O8. The second kappa shape index (κ2) is 10.3. The summed E-state index contributed by atoms with van der Waals surface area (Å²) in [5.41, 5.74) is -0.0132. The smallest absolute Gasteiger partial charge is 0.415 e. The van der Waals surface area contributed by atoms with Crippen LogP contribution in [-0.2, 0) is 33.0 Å². The fraction of sp³-hybridized carbons (Fsp3) is 0.452. The molecule has 0 saturated carbocycles. The number of piperazine rings is 1. The number of rotatable bonds is 2. The van der Waals surface area contributed by atoms with E-state index in [0.29, 0.717) is 27.9 Å². The zero-order valence-electron chi connectivity index (χ0n) is 25.2. The maximum Gasteiger partial charge on any atom is 0.415 e. The number of aromatic nitrogens is 2. The Morgan fingerprint density at radius 1 is 1.07 bits per heavy atom. The van der Waals surface area contributed by atoms with E-state index in [1.165, 1.54) is 26.5 Å². The number of hydrogen-bond acceptors (Lipinski definition) is 9. The van der Waals surface area contributed by atoms with Crippen LogP contribution in [0.3, 0.4) is 0 Å². The number of halogens is 1. The number of pyridine rings is 2. The molecule has 3 aliphatic rings. The first-order chi connectivity index (χ1) is 20.7. The summed E-state index contributed by atoms with van der Waals surface area (Å²) in [6.45, 7) is 9.60. The molecule has 3 aromatic rings. The standard InChI is InChI=1S/C31H33FN4O8/c1-6-31(41)20-12-23-25-18(14-36(23)26(37)19(20)15-42-27(31)38)16(2)17-11-24(21(32)13-22(17)33-25)43-28(39)34-7-9-35(10-8-34)29(40)44-30(3,4)5/h11-13,41H,6-10,14-15H2,1-5H3/t31-/m0/s1. The maximum atomic E-state index is 15.3. The van der Waals surface area contributed by atoms with E-state index in [1.807, 2.05) is 6.92 Å². The second-order valence-electron chi connectivity index (χ2n) is 12.3. The van der Waals surface area contributed by atoms with Gasteiger partial charge in [0.25, 0.3) is 5.56 Å². The van der Waals surface area contributed by atoms with E-state index in [1.54, 1.807) is 33.8 Å². The van der Waals surface area contributed by atoms with Gasteiger partial charge in [-0.05, 0) is 51.8 Å². The van der Waals surface area contributed by atoms with Gasteiger partial charge in [0, 0.05) is 48.8 Å². The Kier molecular flexibility index (Phi) is 6.91. The number of nitrogens with zero attached hydrogens (tertiary/aromatic N) is 4. The predicted molar refractivity (Wildman–Crippen MR) is 155 cm³/mol. The van der Waals surface area contributed by atoms with Gasteiger partial charge in [-0.15, -0.1) is 0 Å². The number of cyclic esters (lactones) is 1. The molecule has 0 radical (unpaired) electrons. The van der Waals surface area contributed by atoms with Gasteiger partial charge in [-0.1, -0.05) is 6.92 Å². The summed E-state index contributed by atoms with van der Waals surface area (Å²) in [6, 6.07) is 4.19.